The molecule has 0 bridgehead atoms. The van der Waals surface area contributed by atoms with Crippen molar-refractivity contribution >= 4 is 16.3 Å². The molecule has 0 radical (unpaired) electrons. The van der Waals surface area contributed by atoms with Gasteiger partial charge in [-0.3, -0.25) is 4.40 Å². The van der Waals surface area contributed by atoms with E-state index in [1.165, 1.54) is 0 Å². The number of nitrogens with one attached hydrogen (secondary N) is 1. The molecule has 0 spiro atoms. The number of hydrogen-bond donors (Lipinski definition) is 1. The molecule has 0 amide bonds. The highest BCUT2D eigenvalue weighted by atomic mass is 32.1. The zero-order chi connectivity index (χ0) is 13.0. The molecule has 1 N–H and O–H groups in total. The Kier molecular flexibility index (Phi) is 4.18. The molecular formula is C12H16N4OS. The van der Waals surface area contributed by atoms with Crippen LogP contribution < -0.4 is 10.1 Å². The molecule has 1 unspecified atom stereocenters. The number of nitrogens with zero attached hydrogens (tertiary/aromatic N) is 3. The smallest absolute Gasteiger partial charge is 0.237 e. The molecule has 6 heteroatoms. The van der Waals surface area contributed by atoms with Crippen LogP contribution in [-0.2, 0) is 6.54 Å². The lowest BCUT2D eigenvalue weighted by Gasteiger charge is -2.13. The van der Waals surface area contributed by atoms with E-state index < -0.39 is 0 Å². The van der Waals surface area contributed by atoms with E-state index in [0.29, 0.717) is 18.8 Å². The average Bonchev–Trinajstić information content (AvgIpc) is 2.95. The minimum atomic E-state index is 0.212. The number of rotatable bonds is 6. The summed E-state index contributed by atoms with van der Waals surface area (Å²) in [6, 6.07) is 2.41. The maximum atomic E-state index is 8.73. The maximum Gasteiger partial charge on any atom is 0.237 e. The van der Waals surface area contributed by atoms with Crippen LogP contribution in [0.3, 0.4) is 0 Å². The molecule has 96 valence electrons. The number of thiazole rings is 1. The van der Waals surface area contributed by atoms with Crippen molar-refractivity contribution < 1.29 is 4.74 Å². The molecule has 18 heavy (non-hydrogen) atoms. The highest BCUT2D eigenvalue weighted by Gasteiger charge is 2.14. The second-order valence-corrected chi connectivity index (χ2v) is 4.84. The number of hydrogen-bond acceptors (Lipinski definition) is 5. The van der Waals surface area contributed by atoms with Gasteiger partial charge >= 0.3 is 0 Å². The van der Waals surface area contributed by atoms with E-state index >= 15 is 0 Å². The summed E-state index contributed by atoms with van der Waals surface area (Å²) in [5.41, 5.74) is 1.00. The fourth-order valence-corrected chi connectivity index (χ4v) is 2.57. The molecule has 2 rings (SSSR count). The molecule has 0 fully saturated rings. The summed E-state index contributed by atoms with van der Waals surface area (Å²) in [6.07, 6.45) is 3.43. The van der Waals surface area contributed by atoms with Gasteiger partial charge in [-0.15, -0.1) is 11.3 Å². The summed E-state index contributed by atoms with van der Waals surface area (Å²) in [5.74, 6) is 0.654. The van der Waals surface area contributed by atoms with Crippen LogP contribution in [0.5, 0.6) is 5.88 Å². The largest absolute Gasteiger partial charge is 0.480 e. The first kappa shape index (κ1) is 12.9. The van der Waals surface area contributed by atoms with Crippen LogP contribution >= 0.6 is 11.3 Å². The van der Waals surface area contributed by atoms with Gasteiger partial charge in [-0.1, -0.05) is 6.92 Å². The topological polar surface area (TPSA) is 62.3 Å². The molecule has 5 nitrogen and oxygen atoms in total. The third-order valence-electron chi connectivity index (χ3n) is 2.91. The van der Waals surface area contributed by atoms with Crippen LogP contribution in [-0.4, -0.2) is 22.5 Å². The summed E-state index contributed by atoms with van der Waals surface area (Å²) in [4.78, 5) is 5.32. The Morgan fingerprint density at radius 3 is 3.17 bits per heavy atom. The molecule has 1 atom stereocenters. The molecule has 0 aliphatic carbocycles. The van der Waals surface area contributed by atoms with E-state index in [1.807, 2.05) is 16.0 Å². The second kappa shape index (κ2) is 5.85. The van der Waals surface area contributed by atoms with Crippen molar-refractivity contribution in [2.75, 3.05) is 7.11 Å². The first-order chi connectivity index (χ1) is 8.80. The Balaban J connectivity index is 2.15. The van der Waals surface area contributed by atoms with Gasteiger partial charge in [0, 0.05) is 24.2 Å². The monoisotopic (exact) mass is 264 g/mol. The molecule has 0 saturated carbocycles. The normalized spacial score (nSPS) is 12.5. The molecule has 2 heterocycles. The Bertz CT molecular complexity index is 554. The fraction of sp³-hybridized carbons (Fsp3) is 0.500. The summed E-state index contributed by atoms with van der Waals surface area (Å²) in [5, 5.41) is 14.1. The standard InChI is InChI=1S/C12H16N4OS/c1-3-9(4-5-13)14-8-10-11(17-2)15-12-16(10)6-7-18-12/h6-7,9,14H,3-4,8H2,1-2H3. The number of methoxy groups -OCH3 is 1. The van der Waals surface area contributed by atoms with E-state index in [1.54, 1.807) is 18.4 Å². The van der Waals surface area contributed by atoms with E-state index in [0.717, 1.165) is 17.1 Å². The predicted octanol–water partition coefficient (Wildman–Crippen LogP) is 2.19. The summed E-state index contributed by atoms with van der Waals surface area (Å²) >= 11 is 1.58. The zero-order valence-electron chi connectivity index (χ0n) is 10.5. The number of nitriles is 1. The minimum Gasteiger partial charge on any atom is -0.480 e. The number of ether oxygens (including phenoxy) is 1. The van der Waals surface area contributed by atoms with Gasteiger partial charge < -0.3 is 10.1 Å². The van der Waals surface area contributed by atoms with Crippen molar-refractivity contribution in [2.24, 2.45) is 0 Å². The number of aromatic nitrogens is 2. The average molecular weight is 264 g/mol. The Morgan fingerprint density at radius 2 is 2.50 bits per heavy atom. The fourth-order valence-electron chi connectivity index (χ4n) is 1.85. The first-order valence-corrected chi connectivity index (χ1v) is 6.76. The number of imidazole rings is 1. The summed E-state index contributed by atoms with van der Waals surface area (Å²) in [7, 11) is 1.63. The van der Waals surface area contributed by atoms with Gasteiger partial charge in [0.1, 0.15) is 5.69 Å². The third kappa shape index (κ3) is 2.47. The first-order valence-electron chi connectivity index (χ1n) is 5.88. The molecule has 0 saturated heterocycles. The predicted molar refractivity (Wildman–Crippen MR) is 70.8 cm³/mol. The van der Waals surface area contributed by atoms with Crippen molar-refractivity contribution in [2.45, 2.75) is 32.4 Å². The lowest BCUT2D eigenvalue weighted by Crippen LogP contribution is -2.28. The third-order valence-corrected chi connectivity index (χ3v) is 3.66. The quantitative estimate of drug-likeness (QED) is 0.868. The molecule has 2 aromatic rings. The van der Waals surface area contributed by atoms with Gasteiger partial charge in [0.05, 0.1) is 19.6 Å². The minimum absolute atomic E-state index is 0.212. The van der Waals surface area contributed by atoms with E-state index in [-0.39, 0.29) is 6.04 Å². The molecule has 0 aromatic carbocycles. The highest BCUT2D eigenvalue weighted by molar-refractivity contribution is 7.15. The Labute approximate surface area is 110 Å². The van der Waals surface area contributed by atoms with Gasteiger partial charge in [-0.25, -0.2) is 0 Å². The lowest BCUT2D eigenvalue weighted by molar-refractivity contribution is 0.389. The van der Waals surface area contributed by atoms with Crippen molar-refractivity contribution in [3.63, 3.8) is 0 Å². The lowest BCUT2D eigenvalue weighted by atomic mass is 10.1. The SMILES string of the molecule is CCC(CC#N)NCc1c(OC)nc2sccn12. The summed E-state index contributed by atoms with van der Waals surface area (Å²) in [6.45, 7) is 2.73. The molecule has 0 aliphatic heterocycles. The van der Waals surface area contributed by atoms with Crippen molar-refractivity contribution in [1.82, 2.24) is 14.7 Å². The van der Waals surface area contributed by atoms with Gasteiger partial charge in [0.15, 0.2) is 4.96 Å². The zero-order valence-corrected chi connectivity index (χ0v) is 11.3. The van der Waals surface area contributed by atoms with E-state index in [2.05, 4.69) is 23.3 Å². The van der Waals surface area contributed by atoms with Gasteiger partial charge in [-0.05, 0) is 6.42 Å². The molecule has 0 aliphatic rings. The Morgan fingerprint density at radius 1 is 1.67 bits per heavy atom. The highest BCUT2D eigenvalue weighted by Crippen LogP contribution is 2.23. The molecular weight excluding hydrogens is 248 g/mol. The van der Waals surface area contributed by atoms with E-state index in [9.17, 15) is 0 Å². The second-order valence-electron chi connectivity index (χ2n) is 3.97. The van der Waals surface area contributed by atoms with Gasteiger partial charge in [-0.2, -0.15) is 10.2 Å². The van der Waals surface area contributed by atoms with Crippen LogP contribution in [0.25, 0.3) is 4.96 Å². The molecule has 2 aromatic heterocycles. The van der Waals surface area contributed by atoms with Crippen LogP contribution in [0, 0.1) is 11.3 Å². The maximum absolute atomic E-state index is 8.73. The van der Waals surface area contributed by atoms with Crippen molar-refractivity contribution in [3.8, 4) is 11.9 Å². The number of fused-ring (bicyclic) bond motifs is 1. The van der Waals surface area contributed by atoms with Crippen molar-refractivity contribution in [1.29, 1.82) is 5.26 Å². The van der Waals surface area contributed by atoms with Crippen LogP contribution in [0.4, 0.5) is 0 Å². The van der Waals surface area contributed by atoms with E-state index in [4.69, 9.17) is 10.00 Å². The van der Waals surface area contributed by atoms with Crippen LogP contribution in [0.2, 0.25) is 0 Å². The van der Waals surface area contributed by atoms with Crippen LogP contribution in [0.15, 0.2) is 11.6 Å². The van der Waals surface area contributed by atoms with Crippen molar-refractivity contribution in [3.05, 3.63) is 17.3 Å². The Hall–Kier alpha value is -1.58. The van der Waals surface area contributed by atoms with Crippen LogP contribution in [0.1, 0.15) is 25.5 Å². The van der Waals surface area contributed by atoms with Gasteiger partial charge in [0.2, 0.25) is 5.88 Å². The van der Waals surface area contributed by atoms with Gasteiger partial charge in [0.25, 0.3) is 0 Å². The summed E-state index contributed by atoms with van der Waals surface area (Å²) < 4.78 is 7.31.